The van der Waals surface area contributed by atoms with E-state index in [4.69, 9.17) is 10.0 Å². The lowest BCUT2D eigenvalue weighted by molar-refractivity contribution is 0.448. The van der Waals surface area contributed by atoms with Crippen molar-refractivity contribution in [3.8, 4) is 0 Å². The van der Waals surface area contributed by atoms with E-state index < -0.39 is 7.69 Å². The molecule has 1 aromatic carbocycles. The maximum absolute atomic E-state index is 7.12. The fourth-order valence-corrected chi connectivity index (χ4v) is 1.02. The summed E-state index contributed by atoms with van der Waals surface area (Å²) >= 11 is 0. The Morgan fingerprint density at radius 3 is 2.31 bits per heavy atom. The highest BCUT2D eigenvalue weighted by atomic mass is 16.4. The van der Waals surface area contributed by atoms with Crippen LogP contribution in [0.15, 0.2) is 42.6 Å². The van der Waals surface area contributed by atoms with Gasteiger partial charge in [-0.05, 0) is 12.1 Å². The van der Waals surface area contributed by atoms with Crippen LogP contribution in [0.4, 0.5) is 0 Å². The highest BCUT2D eigenvalue weighted by molar-refractivity contribution is 6.13. The van der Waals surface area contributed by atoms with E-state index in [0.717, 1.165) is 5.52 Å². The second kappa shape index (κ2) is 5.29. The van der Waals surface area contributed by atoms with Crippen molar-refractivity contribution in [1.29, 1.82) is 0 Å². The first kappa shape index (κ1) is 9.70. The summed E-state index contributed by atoms with van der Waals surface area (Å²) in [6.45, 7) is 0. The third-order valence-corrected chi connectivity index (χ3v) is 1.51. The number of nitrogens with zero attached hydrogens (tertiary/aromatic N) is 1. The van der Waals surface area contributed by atoms with Gasteiger partial charge in [0, 0.05) is 11.6 Å². The van der Waals surface area contributed by atoms with Crippen LogP contribution in [0, 0.1) is 0 Å². The molecule has 0 spiro atoms. The molecule has 0 aliphatic heterocycles. The molecule has 4 heteroatoms. The fourth-order valence-electron chi connectivity index (χ4n) is 1.02. The molecule has 0 aliphatic rings. The van der Waals surface area contributed by atoms with Gasteiger partial charge in [0.2, 0.25) is 0 Å². The molecule has 1 aromatic heterocycles. The van der Waals surface area contributed by atoms with Crippen molar-refractivity contribution in [3.63, 3.8) is 0 Å². The molecule has 3 nitrogen and oxygen atoms in total. The fraction of sp³-hybridized carbons (Fsp3) is 0. The van der Waals surface area contributed by atoms with E-state index in [2.05, 4.69) is 17.1 Å². The summed E-state index contributed by atoms with van der Waals surface area (Å²) in [5.74, 6) is 0. The second-order valence-corrected chi connectivity index (χ2v) is 2.34. The Morgan fingerprint density at radius 2 is 1.62 bits per heavy atom. The second-order valence-electron chi connectivity index (χ2n) is 2.34. The van der Waals surface area contributed by atoms with Gasteiger partial charge in [0.15, 0.2) is 0 Å². The summed E-state index contributed by atoms with van der Waals surface area (Å²) in [6, 6.07) is 12.1. The smallest absolute Gasteiger partial charge is 0.430 e. The number of para-hydroxylation sites is 1. The summed E-state index contributed by atoms with van der Waals surface area (Å²) in [4.78, 5) is 4.18. The number of hydrogen-bond acceptors (Lipinski definition) is 3. The van der Waals surface area contributed by atoms with Crippen LogP contribution >= 0.6 is 0 Å². The van der Waals surface area contributed by atoms with Crippen LogP contribution in [0.1, 0.15) is 0 Å². The highest BCUT2D eigenvalue weighted by Gasteiger charge is 1.86. The third kappa shape index (κ3) is 2.85. The van der Waals surface area contributed by atoms with Crippen LogP contribution in [0.5, 0.6) is 0 Å². The molecule has 0 atom stereocenters. The summed E-state index contributed by atoms with van der Waals surface area (Å²) < 4.78 is 0. The molecular formula is C9H10BNO2. The quantitative estimate of drug-likeness (QED) is 0.572. The Hall–Kier alpha value is -1.39. The first-order valence-corrected chi connectivity index (χ1v) is 3.90. The highest BCUT2D eigenvalue weighted by Crippen LogP contribution is 2.07. The van der Waals surface area contributed by atoms with Crippen molar-refractivity contribution in [3.05, 3.63) is 42.6 Å². The van der Waals surface area contributed by atoms with E-state index in [9.17, 15) is 0 Å². The molecule has 2 N–H and O–H groups in total. The van der Waals surface area contributed by atoms with Gasteiger partial charge in [-0.25, -0.2) is 0 Å². The molecule has 0 aliphatic carbocycles. The van der Waals surface area contributed by atoms with Gasteiger partial charge in [-0.3, -0.25) is 4.98 Å². The van der Waals surface area contributed by atoms with Gasteiger partial charge in [0.25, 0.3) is 0 Å². The number of aromatic nitrogens is 1. The molecular weight excluding hydrogens is 165 g/mol. The summed E-state index contributed by atoms with van der Waals surface area (Å²) in [7, 11) is -0.750. The van der Waals surface area contributed by atoms with Gasteiger partial charge in [0.05, 0.1) is 5.52 Å². The Labute approximate surface area is 77.0 Å². The van der Waals surface area contributed by atoms with Gasteiger partial charge in [0.1, 0.15) is 0 Å². The molecule has 1 heterocycles. The Bertz CT molecular complexity index is 302. The predicted molar refractivity (Wildman–Crippen MR) is 53.3 cm³/mol. The molecule has 0 fully saturated rings. The van der Waals surface area contributed by atoms with Crippen LogP contribution in [0.2, 0.25) is 0 Å². The number of rotatable bonds is 0. The monoisotopic (exact) mass is 175 g/mol. The summed E-state index contributed by atoms with van der Waals surface area (Å²) in [5.41, 5.74) is 1.06. The average Bonchev–Trinajstić information content (AvgIpc) is 2.19. The van der Waals surface area contributed by atoms with Crippen molar-refractivity contribution in [1.82, 2.24) is 4.98 Å². The Balaban J connectivity index is 0.000000251. The van der Waals surface area contributed by atoms with Gasteiger partial charge in [-0.15, -0.1) is 0 Å². The minimum atomic E-state index is -0.750. The molecule has 0 amide bonds. The first-order chi connectivity index (χ1) is 6.38. The number of fused-ring (bicyclic) bond motifs is 1. The zero-order valence-corrected chi connectivity index (χ0v) is 7.09. The topological polar surface area (TPSA) is 53.4 Å². The SMILES string of the molecule is OBO.c1ccc2ncccc2c1. The molecule has 2 rings (SSSR count). The first-order valence-electron chi connectivity index (χ1n) is 3.90. The summed E-state index contributed by atoms with van der Waals surface area (Å²) in [6.07, 6.45) is 1.81. The van der Waals surface area contributed by atoms with Crippen LogP contribution < -0.4 is 0 Å². The molecule has 0 radical (unpaired) electrons. The lowest BCUT2D eigenvalue weighted by Crippen LogP contribution is -1.75. The Morgan fingerprint density at radius 1 is 1.00 bits per heavy atom. The molecule has 0 saturated carbocycles. The lowest BCUT2D eigenvalue weighted by atomic mass is 10.2. The molecule has 0 saturated heterocycles. The van der Waals surface area contributed by atoms with Crippen molar-refractivity contribution < 1.29 is 10.0 Å². The average molecular weight is 175 g/mol. The van der Waals surface area contributed by atoms with Crippen LogP contribution in [0.25, 0.3) is 10.9 Å². The van der Waals surface area contributed by atoms with Crippen molar-refractivity contribution in [2.24, 2.45) is 0 Å². The van der Waals surface area contributed by atoms with Crippen LogP contribution in [-0.2, 0) is 0 Å². The van der Waals surface area contributed by atoms with E-state index in [1.807, 2.05) is 30.5 Å². The van der Waals surface area contributed by atoms with Crippen LogP contribution in [-0.4, -0.2) is 22.7 Å². The maximum Gasteiger partial charge on any atom is 0.432 e. The molecule has 66 valence electrons. The number of hydrogen-bond donors (Lipinski definition) is 2. The Kier molecular flexibility index (Phi) is 3.95. The van der Waals surface area contributed by atoms with Crippen molar-refractivity contribution in [2.75, 3.05) is 0 Å². The largest absolute Gasteiger partial charge is 0.432 e. The molecule has 2 aromatic rings. The number of benzene rings is 1. The normalized spacial score (nSPS) is 8.77. The van der Waals surface area contributed by atoms with E-state index >= 15 is 0 Å². The van der Waals surface area contributed by atoms with E-state index in [1.165, 1.54) is 5.39 Å². The van der Waals surface area contributed by atoms with Crippen molar-refractivity contribution >= 4 is 18.6 Å². The minimum Gasteiger partial charge on any atom is -0.430 e. The van der Waals surface area contributed by atoms with Gasteiger partial charge in [-0.1, -0.05) is 24.3 Å². The van der Waals surface area contributed by atoms with Crippen LogP contribution in [0.3, 0.4) is 0 Å². The van der Waals surface area contributed by atoms with Gasteiger partial charge >= 0.3 is 7.69 Å². The van der Waals surface area contributed by atoms with E-state index in [0.29, 0.717) is 0 Å². The molecule has 0 unspecified atom stereocenters. The zero-order chi connectivity index (χ0) is 9.52. The maximum atomic E-state index is 7.12. The van der Waals surface area contributed by atoms with Crippen molar-refractivity contribution in [2.45, 2.75) is 0 Å². The van der Waals surface area contributed by atoms with E-state index in [1.54, 1.807) is 0 Å². The zero-order valence-electron chi connectivity index (χ0n) is 7.09. The number of pyridine rings is 1. The molecule has 0 bridgehead atoms. The summed E-state index contributed by atoms with van der Waals surface area (Å²) in [5, 5.41) is 15.4. The molecule has 13 heavy (non-hydrogen) atoms. The van der Waals surface area contributed by atoms with Gasteiger partial charge in [-0.2, -0.15) is 0 Å². The van der Waals surface area contributed by atoms with Gasteiger partial charge < -0.3 is 10.0 Å². The lowest BCUT2D eigenvalue weighted by Gasteiger charge is -1.91. The minimum absolute atomic E-state index is 0.750. The predicted octanol–water partition coefficient (Wildman–Crippen LogP) is 0.472. The van der Waals surface area contributed by atoms with E-state index in [-0.39, 0.29) is 0 Å². The standard InChI is InChI=1S/C9H7N.BH3O2/c1-2-6-9-8(4-1)5-3-7-10-9;2-1-3/h1-7H;1-3H. The third-order valence-electron chi connectivity index (χ3n) is 1.51.